The molecule has 36 heavy (non-hydrogen) atoms. The van der Waals surface area contributed by atoms with Gasteiger partial charge in [-0.1, -0.05) is 162 Å². The molecule has 2 nitrogen and oxygen atoms in total. The molecule has 0 amide bonds. The monoisotopic (exact) mass is 504 g/mol. The third kappa shape index (κ3) is 17.6. The van der Waals surface area contributed by atoms with Crippen molar-refractivity contribution in [1.82, 2.24) is 4.98 Å². The van der Waals surface area contributed by atoms with E-state index in [1.807, 2.05) is 0 Å². The minimum Gasteiger partial charge on any atom is -0.247 e. The van der Waals surface area contributed by atoms with Gasteiger partial charge in [-0.3, -0.25) is 0 Å². The number of hydrogen-bond acceptors (Lipinski definition) is 0. The lowest BCUT2D eigenvalue weighted by Gasteiger charge is -2.15. The van der Waals surface area contributed by atoms with Crippen molar-refractivity contribution in [2.24, 2.45) is 0 Å². The molecule has 1 aromatic heterocycles. The summed E-state index contributed by atoms with van der Waals surface area (Å²) in [4.78, 5) is 3.63. The number of hydrogen-bond donors (Lipinski definition) is 1. The van der Waals surface area contributed by atoms with Crippen LogP contribution in [-0.2, 0) is 0 Å². The first-order chi connectivity index (χ1) is 17.7. The highest BCUT2D eigenvalue weighted by Crippen LogP contribution is 2.27. The summed E-state index contributed by atoms with van der Waals surface area (Å²) < 4.78 is 2.49. The molecule has 0 aliphatic rings. The van der Waals surface area contributed by atoms with E-state index in [2.05, 4.69) is 49.6 Å². The molecule has 0 bridgehead atoms. The van der Waals surface area contributed by atoms with E-state index in [0.29, 0.717) is 12.0 Å². The Labute approximate surface area is 227 Å². The summed E-state index contributed by atoms with van der Waals surface area (Å²) in [5, 5.41) is 0. The molecule has 0 aliphatic heterocycles. The average Bonchev–Trinajstić information content (AvgIpc) is 3.37. The predicted octanol–water partition coefficient (Wildman–Crippen LogP) is 11.8. The van der Waals surface area contributed by atoms with E-state index in [1.54, 1.807) is 0 Å². The van der Waals surface area contributed by atoms with Crippen LogP contribution in [0, 0.1) is 0 Å². The molecule has 0 spiro atoms. The molecule has 2 heteroatoms. The van der Waals surface area contributed by atoms with Crippen LogP contribution in [-0.4, -0.2) is 4.98 Å². The van der Waals surface area contributed by atoms with Crippen molar-refractivity contribution >= 4 is 0 Å². The molecule has 1 aromatic rings. The van der Waals surface area contributed by atoms with Crippen LogP contribution in [0.15, 0.2) is 12.4 Å². The number of unbranched alkanes of at least 4 members (excludes halogenated alkanes) is 21. The van der Waals surface area contributed by atoms with Crippen LogP contribution >= 0.6 is 0 Å². The zero-order valence-corrected chi connectivity index (χ0v) is 25.4. The number of aromatic amines is 1. The Kier molecular flexibility index (Phi) is 22.7. The van der Waals surface area contributed by atoms with Gasteiger partial charge in [0.25, 0.3) is 5.82 Å². The Morgan fingerprint density at radius 2 is 0.861 bits per heavy atom. The minimum atomic E-state index is 0.549. The fourth-order valence-corrected chi connectivity index (χ4v) is 5.84. The van der Waals surface area contributed by atoms with Gasteiger partial charge in [-0.25, -0.2) is 9.55 Å². The largest absolute Gasteiger partial charge is 0.257 e. The van der Waals surface area contributed by atoms with E-state index in [1.165, 1.54) is 166 Å². The van der Waals surface area contributed by atoms with Gasteiger partial charge >= 0.3 is 0 Å². The zero-order chi connectivity index (χ0) is 26.1. The lowest BCUT2D eigenvalue weighted by Crippen LogP contribution is -2.39. The quantitative estimate of drug-likeness (QED) is 0.0909. The third-order valence-corrected chi connectivity index (χ3v) is 8.25. The van der Waals surface area contributed by atoms with Gasteiger partial charge < -0.3 is 0 Å². The van der Waals surface area contributed by atoms with Crippen LogP contribution in [0.25, 0.3) is 0 Å². The number of imidazole rings is 1. The number of nitrogens with zero attached hydrogens (tertiary/aromatic N) is 1. The van der Waals surface area contributed by atoms with E-state index < -0.39 is 0 Å². The van der Waals surface area contributed by atoms with Crippen LogP contribution in [0.4, 0.5) is 0 Å². The van der Waals surface area contributed by atoms with Crippen LogP contribution in [0.1, 0.15) is 206 Å². The Balaban J connectivity index is 2.19. The lowest BCUT2D eigenvalue weighted by atomic mass is 9.93. The summed E-state index contributed by atoms with van der Waals surface area (Å²) >= 11 is 0. The van der Waals surface area contributed by atoms with Gasteiger partial charge in [0, 0.05) is 0 Å². The highest BCUT2D eigenvalue weighted by atomic mass is 15.1. The Morgan fingerprint density at radius 1 is 0.528 bits per heavy atom. The molecule has 0 unspecified atom stereocenters. The maximum absolute atomic E-state index is 3.63. The van der Waals surface area contributed by atoms with Crippen LogP contribution in [0.5, 0.6) is 0 Å². The van der Waals surface area contributed by atoms with Gasteiger partial charge in [0.2, 0.25) is 0 Å². The molecule has 1 atom stereocenters. The van der Waals surface area contributed by atoms with Crippen molar-refractivity contribution in [3.05, 3.63) is 18.2 Å². The van der Waals surface area contributed by atoms with Gasteiger partial charge in [-0.05, 0) is 26.7 Å². The molecule has 212 valence electrons. The first-order valence-electron chi connectivity index (χ1n) is 16.8. The van der Waals surface area contributed by atoms with E-state index in [-0.39, 0.29) is 0 Å². The smallest absolute Gasteiger partial charge is 0.247 e. The number of aromatic nitrogens is 2. The number of rotatable bonds is 27. The van der Waals surface area contributed by atoms with Gasteiger partial charge in [-0.15, -0.1) is 0 Å². The molecule has 0 radical (unpaired) electrons. The van der Waals surface area contributed by atoms with E-state index in [4.69, 9.17) is 0 Å². The van der Waals surface area contributed by atoms with E-state index in [0.717, 1.165) is 0 Å². The van der Waals surface area contributed by atoms with Crippen molar-refractivity contribution in [3.63, 3.8) is 0 Å². The molecule has 1 heterocycles. The van der Waals surface area contributed by atoms with Crippen LogP contribution in [0.3, 0.4) is 0 Å². The summed E-state index contributed by atoms with van der Waals surface area (Å²) in [5.41, 5.74) is 0. The van der Waals surface area contributed by atoms with Crippen molar-refractivity contribution < 1.29 is 4.57 Å². The van der Waals surface area contributed by atoms with Crippen LogP contribution < -0.4 is 4.57 Å². The second-order valence-electron chi connectivity index (χ2n) is 12.0. The molecule has 0 fully saturated rings. The Hall–Kier alpha value is -0.790. The molecule has 0 aliphatic carbocycles. The summed E-state index contributed by atoms with van der Waals surface area (Å²) in [6.07, 6.45) is 40.2. The lowest BCUT2D eigenvalue weighted by molar-refractivity contribution is -0.723. The first-order valence-corrected chi connectivity index (χ1v) is 16.8. The van der Waals surface area contributed by atoms with Crippen molar-refractivity contribution in [1.29, 1.82) is 0 Å². The topological polar surface area (TPSA) is 19.7 Å². The summed E-state index contributed by atoms with van der Waals surface area (Å²) in [5.74, 6) is 2.20. The summed E-state index contributed by atoms with van der Waals surface area (Å²) in [7, 11) is 0. The maximum Gasteiger partial charge on any atom is 0.257 e. The second-order valence-corrected chi connectivity index (χ2v) is 12.0. The molecule has 1 rings (SSSR count). The summed E-state index contributed by atoms with van der Waals surface area (Å²) in [6, 6.07) is 0.549. The van der Waals surface area contributed by atoms with Crippen LogP contribution in [0.2, 0.25) is 0 Å². The molecule has 0 saturated heterocycles. The summed E-state index contributed by atoms with van der Waals surface area (Å²) in [6.45, 7) is 9.25. The molecule has 0 saturated carbocycles. The van der Waals surface area contributed by atoms with Gasteiger partial charge in [-0.2, -0.15) is 0 Å². The SMILES string of the molecule is CCCCCCCCCCCCCC[C@H](CCCCCCCCCCCCC)c1[nH]cc[n+]1C(C)C. The normalized spacial score (nSPS) is 12.6. The average molecular weight is 504 g/mol. The first kappa shape index (κ1) is 33.2. The van der Waals surface area contributed by atoms with Gasteiger partial charge in [0.05, 0.1) is 12.0 Å². The molecular formula is C34H67N2+. The van der Waals surface area contributed by atoms with Crippen molar-refractivity contribution in [3.8, 4) is 0 Å². The molecule has 0 aromatic carbocycles. The molecule has 1 N–H and O–H groups in total. The Morgan fingerprint density at radius 3 is 1.19 bits per heavy atom. The predicted molar refractivity (Wildman–Crippen MR) is 161 cm³/mol. The molecular weight excluding hydrogens is 436 g/mol. The van der Waals surface area contributed by atoms with E-state index in [9.17, 15) is 0 Å². The number of nitrogens with one attached hydrogen (secondary N) is 1. The third-order valence-electron chi connectivity index (χ3n) is 8.25. The second kappa shape index (κ2) is 24.5. The van der Waals surface area contributed by atoms with Crippen molar-refractivity contribution in [2.45, 2.75) is 200 Å². The van der Waals surface area contributed by atoms with Crippen molar-refractivity contribution in [2.75, 3.05) is 0 Å². The highest BCUT2D eigenvalue weighted by Gasteiger charge is 2.23. The number of H-pyrrole nitrogens is 1. The maximum atomic E-state index is 3.63. The van der Waals surface area contributed by atoms with Gasteiger partial charge in [0.1, 0.15) is 12.4 Å². The standard InChI is InChI=1S/C34H66N2/c1-5-7-9-11-13-15-17-19-21-23-25-27-29-33(34-35-30-31-36(34)32(3)4)28-26-24-22-20-18-16-14-12-10-8-6-2/h30-33H,5-29H2,1-4H3/p+1/t33-/m0/s1. The van der Waals surface area contributed by atoms with Gasteiger partial charge in [0.15, 0.2) is 0 Å². The fraction of sp³-hybridized carbons (Fsp3) is 0.912. The zero-order valence-electron chi connectivity index (χ0n) is 25.4. The fourth-order valence-electron chi connectivity index (χ4n) is 5.84. The minimum absolute atomic E-state index is 0.549. The Bertz CT molecular complexity index is 561. The highest BCUT2D eigenvalue weighted by molar-refractivity contribution is 4.90. The van der Waals surface area contributed by atoms with E-state index >= 15 is 0 Å².